The summed E-state index contributed by atoms with van der Waals surface area (Å²) in [5.74, 6) is -0.246. The van der Waals surface area contributed by atoms with Gasteiger partial charge < -0.3 is 30.6 Å². The largest absolute Gasteiger partial charge is 0.509 e. The smallest absolute Gasteiger partial charge is 0.139 e. The minimum atomic E-state index is -1.84. The summed E-state index contributed by atoms with van der Waals surface area (Å²) in [6.45, 7) is 3.31. The van der Waals surface area contributed by atoms with Gasteiger partial charge in [-0.15, -0.1) is 0 Å². The van der Waals surface area contributed by atoms with Crippen LogP contribution < -0.4 is 0 Å². The molecule has 0 saturated carbocycles. The monoisotopic (exact) mass is 390 g/mol. The molecule has 0 saturated heterocycles. The van der Waals surface area contributed by atoms with Crippen molar-refractivity contribution in [3.05, 3.63) is 39.6 Å². The minimum absolute atomic E-state index is 0.318. The van der Waals surface area contributed by atoms with Crippen LogP contribution in [0.25, 0.3) is 6.08 Å². The lowest BCUT2D eigenvalue weighted by Gasteiger charge is -2.25. The molecule has 6 N–H and O–H groups in total. The minimum Gasteiger partial charge on any atom is -0.509 e. The van der Waals surface area contributed by atoms with Crippen LogP contribution in [-0.2, 0) is 0 Å². The molecule has 130 valence electrons. The number of aliphatic hydroxyl groups is 6. The Morgan fingerprint density at radius 2 is 1.74 bits per heavy atom. The Morgan fingerprint density at radius 1 is 1.13 bits per heavy atom. The average Bonchev–Trinajstić information content (AvgIpc) is 2.51. The summed E-state index contributed by atoms with van der Waals surface area (Å²) >= 11 is 3.43. The van der Waals surface area contributed by atoms with Crippen LogP contribution in [0.5, 0.6) is 0 Å². The second kappa shape index (κ2) is 8.77. The fourth-order valence-electron chi connectivity index (χ4n) is 2.05. The summed E-state index contributed by atoms with van der Waals surface area (Å²) in [6, 6.07) is 5.37. The van der Waals surface area contributed by atoms with E-state index in [0.29, 0.717) is 11.5 Å². The van der Waals surface area contributed by atoms with Gasteiger partial charge in [-0.05, 0) is 29.2 Å². The van der Waals surface area contributed by atoms with E-state index in [1.807, 2.05) is 19.9 Å². The summed E-state index contributed by atoms with van der Waals surface area (Å²) in [5, 5.41) is 57.0. The van der Waals surface area contributed by atoms with Gasteiger partial charge in [-0.25, -0.2) is 0 Å². The van der Waals surface area contributed by atoms with E-state index < -0.39 is 36.8 Å². The van der Waals surface area contributed by atoms with Crippen LogP contribution in [0.15, 0.2) is 28.4 Å². The Kier molecular flexibility index (Phi) is 7.66. The standard InChI is InChI=1S/C16H23BrO6/c1-8(2)10-4-3-9(5-11(10)17)6-12(19)14(21)16(23)15(22)13(20)7-18/h3-6,8,13-16,18-23H,7H2,1-2H3. The van der Waals surface area contributed by atoms with Crippen LogP contribution in [0, 0.1) is 0 Å². The van der Waals surface area contributed by atoms with Crippen LogP contribution in [0.2, 0.25) is 0 Å². The van der Waals surface area contributed by atoms with E-state index in [-0.39, 0.29) is 0 Å². The maximum absolute atomic E-state index is 9.89. The highest BCUT2D eigenvalue weighted by Crippen LogP contribution is 2.26. The first-order valence-electron chi connectivity index (χ1n) is 7.22. The first-order valence-corrected chi connectivity index (χ1v) is 8.01. The molecule has 0 spiro atoms. The van der Waals surface area contributed by atoms with Gasteiger partial charge in [-0.1, -0.05) is 41.9 Å². The molecule has 0 fully saturated rings. The molecule has 0 aliphatic heterocycles. The Balaban J connectivity index is 2.93. The number of aliphatic hydroxyl groups excluding tert-OH is 6. The highest BCUT2D eigenvalue weighted by molar-refractivity contribution is 9.10. The molecule has 0 radical (unpaired) electrons. The van der Waals surface area contributed by atoms with Crippen molar-refractivity contribution in [3.63, 3.8) is 0 Å². The van der Waals surface area contributed by atoms with E-state index >= 15 is 0 Å². The van der Waals surface area contributed by atoms with E-state index in [4.69, 9.17) is 5.11 Å². The van der Waals surface area contributed by atoms with Crippen LogP contribution >= 0.6 is 15.9 Å². The fourth-order valence-corrected chi connectivity index (χ4v) is 2.91. The summed E-state index contributed by atoms with van der Waals surface area (Å²) in [5.41, 5.74) is 1.67. The molecular formula is C16H23BrO6. The van der Waals surface area contributed by atoms with Gasteiger partial charge in [0.1, 0.15) is 30.2 Å². The Hall–Kier alpha value is -0.960. The van der Waals surface area contributed by atoms with Gasteiger partial charge in [0.2, 0.25) is 0 Å². The lowest BCUT2D eigenvalue weighted by atomic mass is 9.99. The zero-order valence-electron chi connectivity index (χ0n) is 13.0. The van der Waals surface area contributed by atoms with Crippen molar-refractivity contribution in [1.82, 2.24) is 0 Å². The second-order valence-corrected chi connectivity index (χ2v) is 6.54. The van der Waals surface area contributed by atoms with E-state index in [0.717, 1.165) is 10.0 Å². The molecule has 1 rings (SSSR count). The maximum atomic E-state index is 9.89. The number of hydrogen-bond acceptors (Lipinski definition) is 6. The lowest BCUT2D eigenvalue weighted by molar-refractivity contribution is -0.112. The van der Waals surface area contributed by atoms with Gasteiger partial charge in [0.15, 0.2) is 0 Å². The summed E-state index contributed by atoms with van der Waals surface area (Å²) in [6.07, 6.45) is -5.80. The number of benzene rings is 1. The quantitative estimate of drug-likeness (QED) is 0.385. The van der Waals surface area contributed by atoms with Crippen molar-refractivity contribution in [2.24, 2.45) is 0 Å². The average molecular weight is 391 g/mol. The van der Waals surface area contributed by atoms with Gasteiger partial charge in [-0.2, -0.15) is 0 Å². The number of rotatable bonds is 7. The van der Waals surface area contributed by atoms with Crippen LogP contribution in [0.3, 0.4) is 0 Å². The first kappa shape index (κ1) is 20.1. The van der Waals surface area contributed by atoms with Gasteiger partial charge in [0.25, 0.3) is 0 Å². The van der Waals surface area contributed by atoms with E-state index in [1.165, 1.54) is 6.08 Å². The lowest BCUT2D eigenvalue weighted by Crippen LogP contribution is -2.46. The highest BCUT2D eigenvalue weighted by Gasteiger charge is 2.32. The molecule has 4 atom stereocenters. The topological polar surface area (TPSA) is 121 Å². The Labute approximate surface area is 143 Å². The van der Waals surface area contributed by atoms with Crippen LogP contribution in [0.1, 0.15) is 30.9 Å². The zero-order valence-corrected chi connectivity index (χ0v) is 14.6. The van der Waals surface area contributed by atoms with E-state index in [2.05, 4.69) is 15.9 Å². The van der Waals surface area contributed by atoms with Gasteiger partial charge >= 0.3 is 0 Å². The predicted molar refractivity (Wildman–Crippen MR) is 89.9 cm³/mol. The third kappa shape index (κ3) is 5.27. The second-order valence-electron chi connectivity index (χ2n) is 5.68. The molecule has 1 aromatic carbocycles. The molecule has 4 unspecified atom stereocenters. The third-order valence-corrected chi connectivity index (χ3v) is 4.21. The first-order chi connectivity index (χ1) is 10.7. The van der Waals surface area contributed by atoms with E-state index in [9.17, 15) is 25.5 Å². The number of hydrogen-bond donors (Lipinski definition) is 6. The van der Waals surface area contributed by atoms with Crippen molar-refractivity contribution < 1.29 is 30.6 Å². The molecule has 6 nitrogen and oxygen atoms in total. The SMILES string of the molecule is CC(C)c1ccc(C=C(O)C(O)C(O)C(O)C(O)CO)cc1Br. The summed E-state index contributed by atoms with van der Waals surface area (Å²) in [7, 11) is 0. The van der Waals surface area contributed by atoms with Crippen molar-refractivity contribution in [3.8, 4) is 0 Å². The van der Waals surface area contributed by atoms with Gasteiger partial charge in [0, 0.05) is 4.47 Å². The summed E-state index contributed by atoms with van der Waals surface area (Å²) < 4.78 is 0.847. The molecule has 23 heavy (non-hydrogen) atoms. The maximum Gasteiger partial charge on any atom is 0.139 e. The van der Waals surface area contributed by atoms with Crippen molar-refractivity contribution in [1.29, 1.82) is 0 Å². The van der Waals surface area contributed by atoms with Crippen LogP contribution in [0.4, 0.5) is 0 Å². The Morgan fingerprint density at radius 3 is 2.22 bits per heavy atom. The van der Waals surface area contributed by atoms with Gasteiger partial charge in [0.05, 0.1) is 6.61 Å². The van der Waals surface area contributed by atoms with Gasteiger partial charge in [-0.3, -0.25) is 0 Å². The number of halogens is 1. The van der Waals surface area contributed by atoms with Crippen molar-refractivity contribution >= 4 is 22.0 Å². The zero-order chi connectivity index (χ0) is 17.7. The van der Waals surface area contributed by atoms with Crippen molar-refractivity contribution in [2.75, 3.05) is 6.61 Å². The molecule has 0 aliphatic rings. The molecule has 1 aromatic rings. The van der Waals surface area contributed by atoms with Crippen molar-refractivity contribution in [2.45, 2.75) is 44.2 Å². The molecule has 0 aliphatic carbocycles. The Bertz CT molecular complexity index is 545. The molecule has 0 heterocycles. The summed E-state index contributed by atoms with van der Waals surface area (Å²) in [4.78, 5) is 0. The van der Waals surface area contributed by atoms with Crippen LogP contribution in [-0.4, -0.2) is 61.7 Å². The molecule has 7 heteroatoms. The molecule has 0 amide bonds. The molecule has 0 aromatic heterocycles. The normalized spacial score (nSPS) is 17.9. The predicted octanol–water partition coefficient (Wildman–Crippen LogP) is 0.907. The molecule has 0 bridgehead atoms. The highest BCUT2D eigenvalue weighted by atomic mass is 79.9. The van der Waals surface area contributed by atoms with E-state index in [1.54, 1.807) is 12.1 Å². The third-order valence-electron chi connectivity index (χ3n) is 3.52. The fraction of sp³-hybridized carbons (Fsp3) is 0.500. The molecular weight excluding hydrogens is 368 g/mol.